The lowest BCUT2D eigenvalue weighted by Gasteiger charge is -2.22. The average molecular weight is 499 g/mol. The number of hydrogen-bond acceptors (Lipinski definition) is 6. The highest BCUT2D eigenvalue weighted by Crippen LogP contribution is 2.46. The second kappa shape index (κ2) is 10.6. The summed E-state index contributed by atoms with van der Waals surface area (Å²) in [6.07, 6.45) is 6.94. The van der Waals surface area contributed by atoms with Gasteiger partial charge in [0.15, 0.2) is 0 Å². The van der Waals surface area contributed by atoms with Gasteiger partial charge >= 0.3 is 5.97 Å². The van der Waals surface area contributed by atoms with Crippen molar-refractivity contribution in [1.29, 1.82) is 5.41 Å². The van der Waals surface area contributed by atoms with Crippen LogP contribution < -0.4 is 15.8 Å². The molecule has 2 aromatic rings. The van der Waals surface area contributed by atoms with Crippen LogP contribution in [0, 0.1) is 23.2 Å². The van der Waals surface area contributed by atoms with Gasteiger partial charge in [0.2, 0.25) is 5.91 Å². The third kappa shape index (κ3) is 5.75. The molecule has 3 fully saturated rings. The van der Waals surface area contributed by atoms with E-state index in [9.17, 15) is 9.59 Å². The van der Waals surface area contributed by atoms with E-state index in [0.717, 1.165) is 30.0 Å². The Balaban J connectivity index is 0.00000289. The molecule has 1 aromatic heterocycles. The molecule has 8 nitrogen and oxygen atoms in total. The quantitative estimate of drug-likeness (QED) is 0.290. The lowest BCUT2D eigenvalue weighted by Crippen LogP contribution is -2.31. The predicted molar refractivity (Wildman–Crippen MR) is 133 cm³/mol. The maximum Gasteiger partial charge on any atom is 0.306 e. The Hall–Kier alpha value is -3.13. The number of carbonyl (C=O) groups is 2. The smallest absolute Gasteiger partial charge is 0.306 e. The molecule has 1 aromatic carbocycles. The number of aromatic nitrogens is 1. The van der Waals surface area contributed by atoms with E-state index in [4.69, 9.17) is 20.6 Å². The van der Waals surface area contributed by atoms with Crippen molar-refractivity contribution in [2.24, 2.45) is 23.5 Å². The summed E-state index contributed by atoms with van der Waals surface area (Å²) in [5, 5.41) is 10.4. The molecule has 1 saturated heterocycles. The molecular formula is C26H31ClN4O4. The van der Waals surface area contributed by atoms with Crippen molar-refractivity contribution in [3.8, 4) is 17.0 Å². The van der Waals surface area contributed by atoms with Crippen LogP contribution in [-0.4, -0.2) is 41.4 Å². The van der Waals surface area contributed by atoms with Gasteiger partial charge in [-0.1, -0.05) is 0 Å². The van der Waals surface area contributed by atoms with Crippen LogP contribution in [0.15, 0.2) is 42.6 Å². The Kier molecular flexibility index (Phi) is 7.60. The molecule has 186 valence electrons. The Morgan fingerprint density at radius 3 is 2.54 bits per heavy atom. The number of amides is 1. The molecule has 5 rings (SSSR count). The van der Waals surface area contributed by atoms with Crippen LogP contribution in [0.1, 0.15) is 44.1 Å². The van der Waals surface area contributed by atoms with Gasteiger partial charge in [-0.3, -0.25) is 20.0 Å². The molecule has 1 amide bonds. The molecule has 9 heteroatoms. The third-order valence-electron chi connectivity index (χ3n) is 7.33. The van der Waals surface area contributed by atoms with E-state index in [1.165, 1.54) is 12.8 Å². The summed E-state index contributed by atoms with van der Waals surface area (Å²) in [5.74, 6) is 1.21. The zero-order valence-electron chi connectivity index (χ0n) is 19.4. The molecule has 2 aliphatic carbocycles. The Bertz CT molecular complexity index is 1080. The second-order valence-electron chi connectivity index (χ2n) is 9.73. The number of nitrogens with zero attached hydrogens (tertiary/aromatic N) is 1. The molecule has 2 bridgehead atoms. The van der Waals surface area contributed by atoms with Crippen molar-refractivity contribution < 1.29 is 19.1 Å². The first-order chi connectivity index (χ1) is 16.4. The lowest BCUT2D eigenvalue weighted by molar-refractivity contribution is -0.153. The first-order valence-electron chi connectivity index (χ1n) is 12.0. The molecule has 3 aliphatic rings. The van der Waals surface area contributed by atoms with Gasteiger partial charge in [-0.2, -0.15) is 0 Å². The highest BCUT2D eigenvalue weighted by atomic mass is 35.5. The van der Waals surface area contributed by atoms with Gasteiger partial charge in [0.25, 0.3) is 0 Å². The largest absolute Gasteiger partial charge is 0.491 e. The fourth-order valence-corrected chi connectivity index (χ4v) is 5.51. The Morgan fingerprint density at radius 2 is 1.91 bits per heavy atom. The number of nitrogens with two attached hydrogens (primary N) is 1. The van der Waals surface area contributed by atoms with Crippen LogP contribution >= 0.6 is 12.4 Å². The normalized spacial score (nSPS) is 26.6. The summed E-state index contributed by atoms with van der Waals surface area (Å²) in [6, 6.07) is 11.0. The van der Waals surface area contributed by atoms with E-state index in [1.54, 1.807) is 12.3 Å². The number of esters is 1. The van der Waals surface area contributed by atoms with E-state index in [2.05, 4.69) is 10.3 Å². The minimum Gasteiger partial charge on any atom is -0.491 e. The monoisotopic (exact) mass is 498 g/mol. The molecular weight excluding hydrogens is 468 g/mol. The fraction of sp³-hybridized carbons (Fsp3) is 0.462. The minimum absolute atomic E-state index is 0. The van der Waals surface area contributed by atoms with Gasteiger partial charge in [0, 0.05) is 17.3 Å². The van der Waals surface area contributed by atoms with E-state index in [1.807, 2.05) is 30.3 Å². The van der Waals surface area contributed by atoms with E-state index in [-0.39, 0.29) is 54.6 Å². The Labute approximate surface area is 210 Å². The van der Waals surface area contributed by atoms with Gasteiger partial charge in [0.05, 0.1) is 24.1 Å². The van der Waals surface area contributed by atoms with Gasteiger partial charge in [0.1, 0.15) is 24.3 Å². The zero-order chi connectivity index (χ0) is 23.7. The number of carbonyl (C=O) groups excluding carboxylic acids is 2. The van der Waals surface area contributed by atoms with Crippen LogP contribution in [-0.2, 0) is 14.3 Å². The first kappa shape index (κ1) is 25.0. The predicted octanol–water partition coefficient (Wildman–Crippen LogP) is 3.46. The second-order valence-corrected chi connectivity index (χ2v) is 9.73. The number of halogens is 1. The minimum atomic E-state index is -0.355. The number of nitrogen functional groups attached to an aromatic ring is 1. The number of fused-ring (bicyclic) bond motifs is 2. The number of hydrogen-bond donors (Lipinski definition) is 3. The molecule has 2 saturated carbocycles. The molecule has 5 atom stereocenters. The van der Waals surface area contributed by atoms with Crippen molar-refractivity contribution in [3.63, 3.8) is 0 Å². The van der Waals surface area contributed by atoms with Crippen LogP contribution in [0.2, 0.25) is 0 Å². The summed E-state index contributed by atoms with van der Waals surface area (Å²) < 4.78 is 11.6. The molecule has 1 aliphatic heterocycles. The van der Waals surface area contributed by atoms with Crippen LogP contribution in [0.4, 0.5) is 0 Å². The topological polar surface area (TPSA) is 127 Å². The first-order valence-corrected chi connectivity index (χ1v) is 12.0. The third-order valence-corrected chi connectivity index (χ3v) is 7.33. The fourth-order valence-electron chi connectivity index (χ4n) is 5.51. The molecule has 0 radical (unpaired) electrons. The van der Waals surface area contributed by atoms with Crippen LogP contribution in [0.25, 0.3) is 11.3 Å². The van der Waals surface area contributed by atoms with Gasteiger partial charge < -0.3 is 20.5 Å². The summed E-state index contributed by atoms with van der Waals surface area (Å²) in [4.78, 5) is 29.1. The van der Waals surface area contributed by atoms with E-state index < -0.39 is 0 Å². The summed E-state index contributed by atoms with van der Waals surface area (Å²) in [6.45, 7) is 0.342. The standard InChI is InChI=1S/C26H30N4O4.ClH/c27-25(28)18-5-8-22(29-13-18)16-3-6-21(7-4-16)33-14-20-11-19(26(32)30-20)12-24(31)34-23-10-15-1-2-17(23)9-15;/h3-8,13,15,17,19-20,23H,1-2,9-12,14H2,(H3,27,28)(H,30,32);1H/t15?,17?,19-,20-,23?;/m0./s1. The van der Waals surface area contributed by atoms with Crippen molar-refractivity contribution in [2.45, 2.75) is 50.7 Å². The van der Waals surface area contributed by atoms with Crippen molar-refractivity contribution in [3.05, 3.63) is 48.2 Å². The van der Waals surface area contributed by atoms with Crippen molar-refractivity contribution >= 4 is 30.1 Å². The maximum atomic E-state index is 12.4. The molecule has 2 heterocycles. The highest BCUT2D eigenvalue weighted by molar-refractivity contribution is 5.94. The molecule has 4 N–H and O–H groups in total. The van der Waals surface area contributed by atoms with Crippen molar-refractivity contribution in [2.75, 3.05) is 6.61 Å². The summed E-state index contributed by atoms with van der Waals surface area (Å²) in [5.41, 5.74) is 7.75. The number of amidine groups is 1. The number of pyridine rings is 1. The Morgan fingerprint density at radius 1 is 1.11 bits per heavy atom. The van der Waals surface area contributed by atoms with E-state index in [0.29, 0.717) is 30.3 Å². The van der Waals surface area contributed by atoms with Crippen molar-refractivity contribution in [1.82, 2.24) is 10.3 Å². The number of benzene rings is 1. The number of ether oxygens (including phenoxy) is 2. The summed E-state index contributed by atoms with van der Waals surface area (Å²) in [7, 11) is 0. The van der Waals surface area contributed by atoms with Gasteiger partial charge in [-0.05, 0) is 80.3 Å². The SMILES string of the molecule is Cl.N=C(N)c1ccc(-c2ccc(OC[C@@H]3C[C@@H](CC(=O)OC4CC5CCC4C5)C(=O)N3)cc2)nc1. The zero-order valence-corrected chi connectivity index (χ0v) is 20.3. The highest BCUT2D eigenvalue weighted by Gasteiger charge is 2.42. The summed E-state index contributed by atoms with van der Waals surface area (Å²) >= 11 is 0. The molecule has 3 unspecified atom stereocenters. The number of nitrogens with one attached hydrogen (secondary N) is 2. The lowest BCUT2D eigenvalue weighted by atomic mass is 9.97. The van der Waals surface area contributed by atoms with Gasteiger partial charge in [-0.15, -0.1) is 12.4 Å². The molecule has 0 spiro atoms. The van der Waals surface area contributed by atoms with Crippen LogP contribution in [0.5, 0.6) is 5.75 Å². The van der Waals surface area contributed by atoms with Crippen LogP contribution in [0.3, 0.4) is 0 Å². The average Bonchev–Trinajstić information content (AvgIpc) is 3.54. The van der Waals surface area contributed by atoms with Gasteiger partial charge in [-0.25, -0.2) is 0 Å². The van der Waals surface area contributed by atoms with E-state index >= 15 is 0 Å². The number of rotatable bonds is 8. The molecule has 35 heavy (non-hydrogen) atoms. The maximum absolute atomic E-state index is 12.4.